The van der Waals surface area contributed by atoms with Gasteiger partial charge in [-0.3, -0.25) is 9.48 Å². The molecule has 0 bridgehead atoms. The number of aryl methyl sites for hydroxylation is 1. The summed E-state index contributed by atoms with van der Waals surface area (Å²) in [5.41, 5.74) is 0.838. The number of hydrogen-bond donors (Lipinski definition) is 1. The fourth-order valence-electron chi connectivity index (χ4n) is 3.02. The van der Waals surface area contributed by atoms with Crippen molar-refractivity contribution in [3.05, 3.63) is 86.9 Å². The Hall–Kier alpha value is -4.32. The van der Waals surface area contributed by atoms with Crippen molar-refractivity contribution in [2.24, 2.45) is 5.10 Å². The Morgan fingerprint density at radius 3 is 2.70 bits per heavy atom. The minimum atomic E-state index is -0.671. The first-order valence-electron chi connectivity index (χ1n) is 9.05. The molecule has 0 aliphatic rings. The van der Waals surface area contributed by atoms with Crippen molar-refractivity contribution >= 4 is 17.1 Å². The molecule has 1 N–H and O–H groups in total. The molecule has 0 amide bonds. The van der Waals surface area contributed by atoms with E-state index in [0.29, 0.717) is 34.3 Å². The summed E-state index contributed by atoms with van der Waals surface area (Å²) in [6.07, 6.45) is 3.25. The summed E-state index contributed by atoms with van der Waals surface area (Å²) < 4.78 is 15.6. The number of para-hydroxylation sites is 1. The first-order valence-corrected chi connectivity index (χ1v) is 9.05. The average molecular weight is 402 g/mol. The smallest absolute Gasteiger partial charge is 0.305 e. The maximum Gasteiger partial charge on any atom is 0.349 e. The lowest BCUT2D eigenvalue weighted by molar-refractivity contribution is 0.626. The summed E-state index contributed by atoms with van der Waals surface area (Å²) in [7, 11) is 0. The van der Waals surface area contributed by atoms with Crippen molar-refractivity contribution in [1.82, 2.24) is 19.4 Å². The lowest BCUT2D eigenvalue weighted by atomic mass is 10.1. The molecule has 0 saturated heterocycles. The van der Waals surface area contributed by atoms with Gasteiger partial charge in [-0.1, -0.05) is 12.1 Å². The van der Waals surface area contributed by atoms with Crippen molar-refractivity contribution in [3.63, 3.8) is 0 Å². The largest absolute Gasteiger partial charge is 0.349 e. The molecule has 0 fully saturated rings. The number of rotatable bonds is 5. The highest BCUT2D eigenvalue weighted by Crippen LogP contribution is 2.21. The molecule has 0 aliphatic carbocycles. The Kier molecular flexibility index (Phi) is 5.05. The van der Waals surface area contributed by atoms with E-state index in [4.69, 9.17) is 5.26 Å². The number of H-pyrrole nitrogens is 1. The predicted octanol–water partition coefficient (Wildman–Crippen LogP) is 2.49. The zero-order chi connectivity index (χ0) is 21.1. The summed E-state index contributed by atoms with van der Waals surface area (Å²) in [5, 5.41) is 17.6. The second-order valence-corrected chi connectivity index (χ2v) is 6.45. The maximum atomic E-state index is 13.3. The summed E-state index contributed by atoms with van der Waals surface area (Å²) in [6.45, 7) is 0.356. The van der Waals surface area contributed by atoms with Crippen LogP contribution in [0.5, 0.6) is 0 Å². The second kappa shape index (κ2) is 7.97. The van der Waals surface area contributed by atoms with E-state index in [-0.39, 0.29) is 12.2 Å². The fraction of sp³-hybridized carbons (Fsp3) is 0.0952. The van der Waals surface area contributed by atoms with Gasteiger partial charge in [-0.2, -0.15) is 15.5 Å². The zero-order valence-electron chi connectivity index (χ0n) is 15.6. The number of benzene rings is 2. The molecule has 2 aromatic carbocycles. The van der Waals surface area contributed by atoms with Gasteiger partial charge in [0, 0.05) is 17.3 Å². The lowest BCUT2D eigenvalue weighted by Gasteiger charge is -2.01. The topological polar surface area (TPSA) is 109 Å². The van der Waals surface area contributed by atoms with Gasteiger partial charge in [-0.05, 0) is 36.4 Å². The molecule has 0 atom stereocenters. The number of nitrogens with zero attached hydrogens (tertiary/aromatic N) is 5. The van der Waals surface area contributed by atoms with Gasteiger partial charge in [0.15, 0.2) is 0 Å². The predicted molar refractivity (Wildman–Crippen MR) is 110 cm³/mol. The third-order valence-electron chi connectivity index (χ3n) is 4.46. The molecule has 4 rings (SSSR count). The molecular weight excluding hydrogens is 387 g/mol. The van der Waals surface area contributed by atoms with E-state index in [1.165, 1.54) is 18.3 Å². The fourth-order valence-corrected chi connectivity index (χ4v) is 3.02. The van der Waals surface area contributed by atoms with Crippen LogP contribution in [0.15, 0.2) is 69.4 Å². The van der Waals surface area contributed by atoms with Crippen molar-refractivity contribution in [2.45, 2.75) is 13.0 Å². The molecule has 0 radical (unpaired) electrons. The van der Waals surface area contributed by atoms with Crippen molar-refractivity contribution in [2.75, 3.05) is 0 Å². The number of fused-ring (bicyclic) bond motifs is 1. The number of aromatic amines is 1. The molecule has 4 aromatic rings. The SMILES string of the molecule is N#CCCn1cc(C=Nn2c(=O)[nH]c3ccccc3c2=O)c(-c2ccc(F)cc2)n1. The first kappa shape index (κ1) is 19.0. The molecule has 30 heavy (non-hydrogen) atoms. The van der Waals surface area contributed by atoms with Gasteiger partial charge in [-0.15, -0.1) is 4.68 Å². The summed E-state index contributed by atoms with van der Waals surface area (Å²) >= 11 is 0. The molecule has 2 heterocycles. The van der Waals surface area contributed by atoms with E-state index in [1.807, 2.05) is 6.07 Å². The number of aromatic nitrogens is 4. The molecule has 0 spiro atoms. The van der Waals surface area contributed by atoms with Gasteiger partial charge in [0.1, 0.15) is 11.5 Å². The van der Waals surface area contributed by atoms with E-state index >= 15 is 0 Å². The normalized spacial score (nSPS) is 11.2. The van der Waals surface area contributed by atoms with Gasteiger partial charge in [-0.25, -0.2) is 9.18 Å². The molecule has 9 heteroatoms. The minimum absolute atomic E-state index is 0.255. The lowest BCUT2D eigenvalue weighted by Crippen LogP contribution is -2.32. The summed E-state index contributed by atoms with van der Waals surface area (Å²) in [6, 6.07) is 14.5. The molecule has 8 nitrogen and oxygen atoms in total. The van der Waals surface area contributed by atoms with Crippen LogP contribution in [0.25, 0.3) is 22.2 Å². The van der Waals surface area contributed by atoms with E-state index in [9.17, 15) is 14.0 Å². The van der Waals surface area contributed by atoms with Crippen LogP contribution < -0.4 is 11.2 Å². The van der Waals surface area contributed by atoms with Crippen LogP contribution in [0.3, 0.4) is 0 Å². The van der Waals surface area contributed by atoms with E-state index in [2.05, 4.69) is 15.2 Å². The van der Waals surface area contributed by atoms with Crippen LogP contribution in [0.4, 0.5) is 4.39 Å². The van der Waals surface area contributed by atoms with Gasteiger partial charge >= 0.3 is 5.69 Å². The van der Waals surface area contributed by atoms with E-state index in [1.54, 1.807) is 47.3 Å². The average Bonchev–Trinajstić information content (AvgIpc) is 3.15. The highest BCUT2D eigenvalue weighted by atomic mass is 19.1. The highest BCUT2D eigenvalue weighted by Gasteiger charge is 2.11. The Balaban J connectivity index is 1.80. The molecule has 2 aromatic heterocycles. The van der Waals surface area contributed by atoms with Crippen molar-refractivity contribution < 1.29 is 4.39 Å². The summed E-state index contributed by atoms with van der Waals surface area (Å²) in [5.74, 6) is -0.382. The van der Waals surface area contributed by atoms with Gasteiger partial charge < -0.3 is 4.98 Å². The van der Waals surface area contributed by atoms with Crippen molar-refractivity contribution in [3.8, 4) is 17.3 Å². The first-order chi connectivity index (χ1) is 14.6. The monoisotopic (exact) mass is 402 g/mol. The highest BCUT2D eigenvalue weighted by molar-refractivity contribution is 5.88. The van der Waals surface area contributed by atoms with E-state index in [0.717, 1.165) is 4.68 Å². The third kappa shape index (κ3) is 3.66. The maximum absolute atomic E-state index is 13.3. The van der Waals surface area contributed by atoms with Crippen LogP contribution in [0.1, 0.15) is 12.0 Å². The number of nitriles is 1. The Bertz CT molecular complexity index is 1410. The van der Waals surface area contributed by atoms with E-state index < -0.39 is 11.2 Å². The Labute approximate surface area is 169 Å². The second-order valence-electron chi connectivity index (χ2n) is 6.45. The number of nitrogens with one attached hydrogen (secondary N) is 1. The number of hydrogen-bond acceptors (Lipinski definition) is 5. The molecular formula is C21H15FN6O2. The standard InChI is InChI=1S/C21H15FN6O2/c22-16-8-6-14(7-9-16)19-15(13-27(26-19)11-3-10-23)12-24-28-20(29)17-4-1-2-5-18(17)25-21(28)30/h1-2,4-9,12-13H,3,11H2,(H,25,30). The zero-order valence-corrected chi connectivity index (χ0v) is 15.6. The van der Waals surface area contributed by atoms with Gasteiger partial charge in [0.05, 0.1) is 36.2 Å². The van der Waals surface area contributed by atoms with Crippen LogP contribution >= 0.6 is 0 Å². The van der Waals surface area contributed by atoms with Crippen molar-refractivity contribution in [1.29, 1.82) is 5.26 Å². The molecule has 0 unspecified atom stereocenters. The van der Waals surface area contributed by atoms with Crippen LogP contribution in [-0.2, 0) is 6.54 Å². The quantitative estimate of drug-likeness (QED) is 0.517. The molecule has 148 valence electrons. The van der Waals surface area contributed by atoms with Crippen LogP contribution in [0, 0.1) is 17.1 Å². The van der Waals surface area contributed by atoms with Gasteiger partial charge in [0.25, 0.3) is 5.56 Å². The number of halogens is 1. The summed E-state index contributed by atoms with van der Waals surface area (Å²) in [4.78, 5) is 27.6. The molecule has 0 aliphatic heterocycles. The van der Waals surface area contributed by atoms with Crippen LogP contribution in [-0.4, -0.2) is 25.7 Å². The molecule has 0 saturated carbocycles. The minimum Gasteiger partial charge on any atom is -0.305 e. The Morgan fingerprint density at radius 2 is 1.93 bits per heavy atom. The Morgan fingerprint density at radius 1 is 1.17 bits per heavy atom. The van der Waals surface area contributed by atoms with Crippen LogP contribution in [0.2, 0.25) is 0 Å². The third-order valence-corrected chi connectivity index (χ3v) is 4.46. The van der Waals surface area contributed by atoms with Gasteiger partial charge in [0.2, 0.25) is 0 Å².